The minimum Gasteiger partial charge on any atom is -0.393 e. The molecule has 2 aliphatic carbocycles. The zero-order valence-electron chi connectivity index (χ0n) is 8.05. The first-order valence-electron chi connectivity index (χ1n) is 5.39. The van der Waals surface area contributed by atoms with Crippen molar-refractivity contribution in [3.8, 4) is 0 Å². The molecule has 12 heavy (non-hydrogen) atoms. The first-order valence-corrected chi connectivity index (χ1v) is 5.39. The molecule has 0 spiro atoms. The van der Waals surface area contributed by atoms with Gasteiger partial charge in [-0.25, -0.2) is 0 Å². The Morgan fingerprint density at radius 1 is 1.17 bits per heavy atom. The second kappa shape index (κ2) is 3.02. The molecule has 0 aromatic heterocycles. The van der Waals surface area contributed by atoms with Crippen LogP contribution in [0.25, 0.3) is 0 Å². The lowest BCUT2D eigenvalue weighted by molar-refractivity contribution is -0.00751. The minimum atomic E-state index is 0.0150. The van der Waals surface area contributed by atoms with E-state index < -0.39 is 0 Å². The maximum absolute atomic E-state index is 9.56. The summed E-state index contributed by atoms with van der Waals surface area (Å²) in [4.78, 5) is 0. The molecule has 0 unspecified atom stereocenters. The Kier molecular flexibility index (Phi) is 2.16. The molecule has 0 aliphatic heterocycles. The second-order valence-corrected chi connectivity index (χ2v) is 5.02. The molecule has 0 aromatic carbocycles. The highest BCUT2D eigenvalue weighted by Gasteiger charge is 2.40. The van der Waals surface area contributed by atoms with Gasteiger partial charge in [0.1, 0.15) is 0 Å². The molecule has 2 rings (SSSR count). The van der Waals surface area contributed by atoms with Gasteiger partial charge in [0.2, 0.25) is 0 Å². The Morgan fingerprint density at radius 2 is 2.00 bits per heavy atom. The molecular formula is C11H20O. The lowest BCUT2D eigenvalue weighted by Gasteiger charge is -2.46. The van der Waals surface area contributed by atoms with Crippen LogP contribution in [0, 0.1) is 11.3 Å². The van der Waals surface area contributed by atoms with Gasteiger partial charge in [-0.2, -0.15) is 0 Å². The van der Waals surface area contributed by atoms with Crippen LogP contribution >= 0.6 is 0 Å². The summed E-state index contributed by atoms with van der Waals surface area (Å²) in [6, 6.07) is 0. The molecule has 0 amide bonds. The SMILES string of the molecule is C[C@@]12CCCC[C@H]1C[C@H](O)CC2. The zero-order chi connectivity index (χ0) is 8.60. The molecule has 1 nitrogen and oxygen atoms in total. The number of aliphatic hydroxyl groups excluding tert-OH is 1. The smallest absolute Gasteiger partial charge is 0.0543 e. The van der Waals surface area contributed by atoms with Crippen LogP contribution in [-0.2, 0) is 0 Å². The van der Waals surface area contributed by atoms with Gasteiger partial charge in [0.15, 0.2) is 0 Å². The van der Waals surface area contributed by atoms with Crippen molar-refractivity contribution in [2.75, 3.05) is 0 Å². The average Bonchev–Trinajstić information content (AvgIpc) is 2.06. The fourth-order valence-corrected chi connectivity index (χ4v) is 3.15. The molecule has 0 aromatic rings. The molecule has 0 saturated heterocycles. The standard InChI is InChI=1S/C11H20O/c1-11-6-3-2-4-9(11)8-10(12)5-7-11/h9-10,12H,2-8H2,1H3/t9-,10+,11-/m0/s1. The molecule has 0 heterocycles. The van der Waals surface area contributed by atoms with Crippen LogP contribution < -0.4 is 0 Å². The van der Waals surface area contributed by atoms with E-state index >= 15 is 0 Å². The van der Waals surface area contributed by atoms with Crippen LogP contribution in [-0.4, -0.2) is 11.2 Å². The van der Waals surface area contributed by atoms with Crippen molar-refractivity contribution in [2.45, 2.75) is 58.0 Å². The Labute approximate surface area is 75.2 Å². The van der Waals surface area contributed by atoms with E-state index in [9.17, 15) is 5.11 Å². The third kappa shape index (κ3) is 1.39. The Bertz CT molecular complexity index is 166. The average molecular weight is 168 g/mol. The van der Waals surface area contributed by atoms with E-state index in [1.54, 1.807) is 0 Å². The highest BCUT2D eigenvalue weighted by atomic mass is 16.3. The highest BCUT2D eigenvalue weighted by Crippen LogP contribution is 2.49. The van der Waals surface area contributed by atoms with Crippen LogP contribution in [0.2, 0.25) is 0 Å². The van der Waals surface area contributed by atoms with Crippen LogP contribution in [0.5, 0.6) is 0 Å². The second-order valence-electron chi connectivity index (χ2n) is 5.02. The Morgan fingerprint density at radius 3 is 2.83 bits per heavy atom. The van der Waals surface area contributed by atoms with E-state index in [1.165, 1.54) is 32.1 Å². The van der Waals surface area contributed by atoms with Gasteiger partial charge in [-0.1, -0.05) is 19.8 Å². The first kappa shape index (κ1) is 8.55. The molecule has 3 atom stereocenters. The fraction of sp³-hybridized carbons (Fsp3) is 1.00. The van der Waals surface area contributed by atoms with E-state index in [0.29, 0.717) is 5.41 Å². The first-order chi connectivity index (χ1) is 5.71. The van der Waals surface area contributed by atoms with Gasteiger partial charge in [-0.05, 0) is 43.4 Å². The van der Waals surface area contributed by atoms with Crippen molar-refractivity contribution >= 4 is 0 Å². The van der Waals surface area contributed by atoms with Crippen LogP contribution in [0.1, 0.15) is 51.9 Å². The van der Waals surface area contributed by atoms with Gasteiger partial charge in [-0.15, -0.1) is 0 Å². The predicted octanol–water partition coefficient (Wildman–Crippen LogP) is 2.73. The maximum Gasteiger partial charge on any atom is 0.0543 e. The fourth-order valence-electron chi connectivity index (χ4n) is 3.15. The topological polar surface area (TPSA) is 20.2 Å². The number of hydrogen-bond donors (Lipinski definition) is 1. The lowest BCUT2D eigenvalue weighted by Crippen LogP contribution is -2.38. The van der Waals surface area contributed by atoms with E-state index in [-0.39, 0.29) is 6.10 Å². The molecule has 70 valence electrons. The normalized spacial score (nSPS) is 48.5. The van der Waals surface area contributed by atoms with Crippen molar-refractivity contribution in [1.82, 2.24) is 0 Å². The summed E-state index contributed by atoms with van der Waals surface area (Å²) in [6.45, 7) is 2.43. The summed E-state index contributed by atoms with van der Waals surface area (Å²) in [5.74, 6) is 0.829. The van der Waals surface area contributed by atoms with Gasteiger partial charge in [0, 0.05) is 0 Å². The molecule has 2 aliphatic rings. The van der Waals surface area contributed by atoms with Crippen molar-refractivity contribution in [3.05, 3.63) is 0 Å². The summed E-state index contributed by atoms with van der Waals surface area (Å²) in [6.07, 6.45) is 9.00. The van der Waals surface area contributed by atoms with E-state index in [4.69, 9.17) is 0 Å². The van der Waals surface area contributed by atoms with Gasteiger partial charge in [-0.3, -0.25) is 0 Å². The number of hydrogen-bond acceptors (Lipinski definition) is 1. The molecular weight excluding hydrogens is 148 g/mol. The summed E-state index contributed by atoms with van der Waals surface area (Å²) in [7, 11) is 0. The minimum absolute atomic E-state index is 0.0150. The largest absolute Gasteiger partial charge is 0.393 e. The molecule has 1 N–H and O–H groups in total. The third-order valence-corrected chi connectivity index (χ3v) is 4.14. The monoisotopic (exact) mass is 168 g/mol. The van der Waals surface area contributed by atoms with Gasteiger partial charge < -0.3 is 5.11 Å². The molecule has 0 radical (unpaired) electrons. The molecule has 1 heteroatoms. The van der Waals surface area contributed by atoms with Crippen molar-refractivity contribution in [1.29, 1.82) is 0 Å². The summed E-state index contributed by atoms with van der Waals surface area (Å²) < 4.78 is 0. The lowest BCUT2D eigenvalue weighted by atomic mass is 9.60. The summed E-state index contributed by atoms with van der Waals surface area (Å²) >= 11 is 0. The Hall–Kier alpha value is -0.0400. The van der Waals surface area contributed by atoms with Crippen LogP contribution in [0.3, 0.4) is 0 Å². The quantitative estimate of drug-likeness (QED) is 0.589. The van der Waals surface area contributed by atoms with E-state index in [2.05, 4.69) is 6.92 Å². The number of rotatable bonds is 0. The Balaban J connectivity index is 2.06. The molecule has 2 fully saturated rings. The molecule has 0 bridgehead atoms. The summed E-state index contributed by atoms with van der Waals surface area (Å²) in [5.41, 5.74) is 0.595. The van der Waals surface area contributed by atoms with Crippen LogP contribution in [0.4, 0.5) is 0 Å². The predicted molar refractivity (Wildman–Crippen MR) is 49.9 cm³/mol. The van der Waals surface area contributed by atoms with Crippen molar-refractivity contribution < 1.29 is 5.11 Å². The number of fused-ring (bicyclic) bond motifs is 1. The van der Waals surface area contributed by atoms with Gasteiger partial charge in [0.05, 0.1) is 6.10 Å². The van der Waals surface area contributed by atoms with Crippen molar-refractivity contribution in [2.24, 2.45) is 11.3 Å². The molecule has 2 saturated carbocycles. The van der Waals surface area contributed by atoms with Gasteiger partial charge >= 0.3 is 0 Å². The van der Waals surface area contributed by atoms with Crippen molar-refractivity contribution in [3.63, 3.8) is 0 Å². The van der Waals surface area contributed by atoms with E-state index in [1.807, 2.05) is 0 Å². The summed E-state index contributed by atoms with van der Waals surface area (Å²) in [5, 5.41) is 9.56. The highest BCUT2D eigenvalue weighted by molar-refractivity contribution is 4.91. The zero-order valence-corrected chi connectivity index (χ0v) is 8.05. The van der Waals surface area contributed by atoms with E-state index in [0.717, 1.165) is 18.8 Å². The van der Waals surface area contributed by atoms with Gasteiger partial charge in [0.25, 0.3) is 0 Å². The van der Waals surface area contributed by atoms with Crippen LogP contribution in [0.15, 0.2) is 0 Å². The maximum atomic E-state index is 9.56. The number of aliphatic hydroxyl groups is 1. The third-order valence-electron chi connectivity index (χ3n) is 4.14.